The highest BCUT2D eigenvalue weighted by Crippen LogP contribution is 2.60. The molecule has 9 rings (SSSR count). The van der Waals surface area contributed by atoms with Crippen molar-refractivity contribution in [2.75, 3.05) is 0 Å². The Morgan fingerprint density at radius 3 is 1.33 bits per heavy atom. The topological polar surface area (TPSA) is 25.8 Å². The van der Waals surface area contributed by atoms with E-state index in [4.69, 9.17) is 0 Å². The van der Waals surface area contributed by atoms with E-state index in [9.17, 15) is 0 Å². The van der Waals surface area contributed by atoms with Crippen molar-refractivity contribution in [2.45, 2.75) is 52.4 Å². The van der Waals surface area contributed by atoms with Crippen molar-refractivity contribution >= 4 is 21.8 Å². The first kappa shape index (κ1) is 27.2. The zero-order chi connectivity index (χ0) is 31.5. The molecule has 0 fully saturated rings. The summed E-state index contributed by atoms with van der Waals surface area (Å²) in [7, 11) is 0. The van der Waals surface area contributed by atoms with Gasteiger partial charge in [0.2, 0.25) is 0 Å². The lowest BCUT2D eigenvalue weighted by Crippen LogP contribution is -2.24. The summed E-state index contributed by atoms with van der Waals surface area (Å²) in [4.78, 5) is 9.29. The molecular formula is C44H36N2. The third-order valence-electron chi connectivity index (χ3n) is 10.9. The van der Waals surface area contributed by atoms with Crippen LogP contribution in [0, 0.1) is 13.8 Å². The minimum Gasteiger partial charge on any atom is -0.256 e. The van der Waals surface area contributed by atoms with Crippen LogP contribution in [0.5, 0.6) is 0 Å². The van der Waals surface area contributed by atoms with E-state index in [0.717, 1.165) is 11.0 Å². The van der Waals surface area contributed by atoms with Crippen LogP contribution in [-0.2, 0) is 10.8 Å². The van der Waals surface area contributed by atoms with Gasteiger partial charge in [-0.2, -0.15) is 0 Å². The van der Waals surface area contributed by atoms with E-state index in [1.165, 1.54) is 88.7 Å². The normalized spacial score (nSPS) is 15.1. The number of nitrogens with zero attached hydrogens (tertiary/aromatic N) is 2. The highest BCUT2D eigenvalue weighted by atomic mass is 14.6. The predicted molar refractivity (Wildman–Crippen MR) is 193 cm³/mol. The molecule has 2 aliphatic carbocycles. The molecule has 2 heteroatoms. The van der Waals surface area contributed by atoms with Crippen molar-refractivity contribution in [2.24, 2.45) is 0 Å². The molecular weight excluding hydrogens is 556 g/mol. The molecule has 5 aromatic carbocycles. The van der Waals surface area contributed by atoms with Gasteiger partial charge in [-0.15, -0.1) is 0 Å². The molecule has 0 amide bonds. The molecule has 0 atom stereocenters. The van der Waals surface area contributed by atoms with E-state index < -0.39 is 0 Å². The SMILES string of the molecule is Cc1cc(-c2cccc3ncccc23)cc2c1-c1ccc3c(c1C2(C)C)C(C)(C)c1cc(-c2cccc4ncccc24)cc(C)c1-3. The Hall–Kier alpha value is -5.08. The van der Waals surface area contributed by atoms with Gasteiger partial charge in [-0.25, -0.2) is 0 Å². The fourth-order valence-corrected chi connectivity index (χ4v) is 8.88. The van der Waals surface area contributed by atoms with E-state index in [1.807, 2.05) is 24.5 Å². The summed E-state index contributed by atoms with van der Waals surface area (Å²) < 4.78 is 0. The van der Waals surface area contributed by atoms with E-state index in [-0.39, 0.29) is 10.8 Å². The van der Waals surface area contributed by atoms with Crippen LogP contribution in [-0.4, -0.2) is 9.97 Å². The van der Waals surface area contributed by atoms with Crippen LogP contribution in [0.3, 0.4) is 0 Å². The van der Waals surface area contributed by atoms with Gasteiger partial charge in [0.1, 0.15) is 0 Å². The molecule has 0 saturated carbocycles. The lowest BCUT2D eigenvalue weighted by molar-refractivity contribution is 0.601. The molecule has 7 aromatic rings. The smallest absolute Gasteiger partial charge is 0.0708 e. The zero-order valence-corrected chi connectivity index (χ0v) is 27.3. The standard InChI is InChI=1S/C44H36N2/c1-25-21-27(29-11-7-15-37-31(29)13-9-19-45-37)23-35-39(25)33-17-18-34-40-26(2)22-28(30-12-8-16-38-32(30)14-10-20-46-38)24-36(40)44(5,6)42(34)41(33)43(35,3)4/h7-24H,1-6H3. The van der Waals surface area contributed by atoms with Crippen molar-refractivity contribution < 1.29 is 0 Å². The predicted octanol–water partition coefficient (Wildman–Crippen LogP) is 11.3. The molecule has 46 heavy (non-hydrogen) atoms. The van der Waals surface area contributed by atoms with Crippen molar-refractivity contribution in [3.8, 4) is 44.5 Å². The van der Waals surface area contributed by atoms with Crippen LogP contribution in [0.4, 0.5) is 0 Å². The first-order chi connectivity index (χ1) is 22.2. The molecule has 0 radical (unpaired) electrons. The summed E-state index contributed by atoms with van der Waals surface area (Å²) in [6, 6.07) is 35.9. The van der Waals surface area contributed by atoms with Crippen LogP contribution in [0.1, 0.15) is 61.1 Å². The van der Waals surface area contributed by atoms with Crippen molar-refractivity contribution in [1.82, 2.24) is 9.97 Å². The second-order valence-electron chi connectivity index (χ2n) is 14.3. The highest BCUT2D eigenvalue weighted by molar-refractivity contribution is 5.99. The fraction of sp³-hybridized carbons (Fsp3) is 0.182. The number of hydrogen-bond donors (Lipinski definition) is 0. The summed E-state index contributed by atoms with van der Waals surface area (Å²) in [5, 5.41) is 2.40. The van der Waals surface area contributed by atoms with Crippen LogP contribution >= 0.6 is 0 Å². The number of pyridine rings is 2. The van der Waals surface area contributed by atoms with Crippen LogP contribution in [0.25, 0.3) is 66.3 Å². The van der Waals surface area contributed by atoms with Gasteiger partial charge in [0, 0.05) is 34.0 Å². The Kier molecular flexibility index (Phi) is 5.47. The maximum atomic E-state index is 4.64. The van der Waals surface area contributed by atoms with Crippen molar-refractivity contribution in [1.29, 1.82) is 0 Å². The monoisotopic (exact) mass is 592 g/mol. The van der Waals surface area contributed by atoms with Crippen molar-refractivity contribution in [3.05, 3.63) is 143 Å². The Bertz CT molecular complexity index is 2260. The average Bonchev–Trinajstić information content (AvgIpc) is 3.43. The number of hydrogen-bond acceptors (Lipinski definition) is 2. The highest BCUT2D eigenvalue weighted by Gasteiger charge is 2.46. The average molecular weight is 593 g/mol. The maximum absolute atomic E-state index is 4.64. The molecule has 222 valence electrons. The second-order valence-corrected chi connectivity index (χ2v) is 14.3. The number of fused-ring (bicyclic) bond motifs is 9. The Morgan fingerprint density at radius 2 is 0.891 bits per heavy atom. The molecule has 0 unspecified atom stereocenters. The van der Waals surface area contributed by atoms with Gasteiger partial charge >= 0.3 is 0 Å². The molecule has 0 aliphatic heterocycles. The number of aromatic nitrogens is 2. The molecule has 2 aromatic heterocycles. The molecule has 2 aliphatic rings. The first-order valence-corrected chi connectivity index (χ1v) is 16.3. The zero-order valence-electron chi connectivity index (χ0n) is 27.3. The number of aryl methyl sites for hydroxylation is 2. The van der Waals surface area contributed by atoms with Gasteiger partial charge in [0.25, 0.3) is 0 Å². The Morgan fingerprint density at radius 1 is 0.457 bits per heavy atom. The van der Waals surface area contributed by atoms with Crippen LogP contribution < -0.4 is 0 Å². The molecule has 0 N–H and O–H groups in total. The third-order valence-corrected chi connectivity index (χ3v) is 10.9. The number of rotatable bonds is 2. The Labute approximate surface area is 270 Å². The summed E-state index contributed by atoms with van der Waals surface area (Å²) in [5.41, 5.74) is 20.8. The van der Waals surface area contributed by atoms with Gasteiger partial charge in [-0.3, -0.25) is 9.97 Å². The fourth-order valence-electron chi connectivity index (χ4n) is 8.88. The molecule has 2 nitrogen and oxygen atoms in total. The quantitative estimate of drug-likeness (QED) is 0.200. The van der Waals surface area contributed by atoms with Crippen LogP contribution in [0.15, 0.2) is 109 Å². The second kappa shape index (κ2) is 9.23. The summed E-state index contributed by atoms with van der Waals surface area (Å²) >= 11 is 0. The lowest BCUT2D eigenvalue weighted by Gasteiger charge is -2.31. The summed E-state index contributed by atoms with van der Waals surface area (Å²) in [5.74, 6) is 0. The van der Waals surface area contributed by atoms with Crippen molar-refractivity contribution in [3.63, 3.8) is 0 Å². The molecule has 2 heterocycles. The third kappa shape index (κ3) is 3.53. The Balaban J connectivity index is 1.24. The van der Waals surface area contributed by atoms with Gasteiger partial charge in [0.05, 0.1) is 11.0 Å². The largest absolute Gasteiger partial charge is 0.256 e. The lowest BCUT2D eigenvalue weighted by atomic mass is 9.72. The van der Waals surface area contributed by atoms with Gasteiger partial charge < -0.3 is 0 Å². The van der Waals surface area contributed by atoms with E-state index in [1.54, 1.807) is 0 Å². The summed E-state index contributed by atoms with van der Waals surface area (Å²) in [6.45, 7) is 14.3. The van der Waals surface area contributed by atoms with E-state index in [0.29, 0.717) is 0 Å². The van der Waals surface area contributed by atoms with Gasteiger partial charge in [-0.1, -0.05) is 88.4 Å². The summed E-state index contributed by atoms with van der Waals surface area (Å²) in [6.07, 6.45) is 3.76. The molecule has 0 saturated heterocycles. The molecule has 0 spiro atoms. The van der Waals surface area contributed by atoms with E-state index >= 15 is 0 Å². The van der Waals surface area contributed by atoms with E-state index in [2.05, 4.69) is 136 Å². The van der Waals surface area contributed by atoms with Crippen LogP contribution in [0.2, 0.25) is 0 Å². The van der Waals surface area contributed by atoms with Gasteiger partial charge in [0.15, 0.2) is 0 Å². The van der Waals surface area contributed by atoms with Gasteiger partial charge in [-0.05, 0) is 128 Å². The maximum Gasteiger partial charge on any atom is 0.0708 e. The minimum atomic E-state index is -0.156. The minimum absolute atomic E-state index is 0.156. The molecule has 0 bridgehead atoms. The number of benzene rings is 5. The first-order valence-electron chi connectivity index (χ1n) is 16.3.